The predicted octanol–water partition coefficient (Wildman–Crippen LogP) is 11.5. The zero-order valence-electron chi connectivity index (χ0n) is 37.9. The summed E-state index contributed by atoms with van der Waals surface area (Å²) in [7, 11) is 0. The third kappa shape index (κ3) is 4.60. The number of benzene rings is 7. The molecule has 0 aliphatic carbocycles. The van der Waals surface area contributed by atoms with E-state index in [1.165, 1.54) is 0 Å². The van der Waals surface area contributed by atoms with Crippen LogP contribution in [0.15, 0.2) is 174 Å². The maximum atomic E-state index is 9.80. The molecule has 0 atom stereocenters. The first-order chi connectivity index (χ1) is 29.8. The molecule has 50 heavy (non-hydrogen) atoms. The van der Waals surface area contributed by atoms with Crippen molar-refractivity contribution in [2.45, 2.75) is 0 Å². The molecule has 0 unspecified atom stereocenters. The van der Waals surface area contributed by atoms with Crippen LogP contribution >= 0.6 is 0 Å². The molecule has 0 amide bonds. The van der Waals surface area contributed by atoms with Crippen LogP contribution in [0.3, 0.4) is 0 Å². The van der Waals surface area contributed by atoms with Gasteiger partial charge in [0.2, 0.25) is 0 Å². The summed E-state index contributed by atoms with van der Waals surface area (Å²) in [6.45, 7) is 0. The van der Waals surface area contributed by atoms with Gasteiger partial charge < -0.3 is 8.98 Å². The van der Waals surface area contributed by atoms with Gasteiger partial charge in [0.25, 0.3) is 0 Å². The molecule has 10 rings (SSSR count). The highest BCUT2D eigenvalue weighted by molar-refractivity contribution is 6.11. The molecular formula is C45H28N4O. The molecule has 5 nitrogen and oxygen atoms in total. The fraction of sp³-hybridized carbons (Fsp3) is 0. The van der Waals surface area contributed by atoms with Crippen molar-refractivity contribution in [2.24, 2.45) is 0 Å². The summed E-state index contributed by atoms with van der Waals surface area (Å²) in [5.41, 5.74) is 2.48. The Balaban J connectivity index is 1.33. The van der Waals surface area contributed by atoms with E-state index in [-0.39, 0.29) is 44.8 Å². The second-order valence-electron chi connectivity index (χ2n) is 11.5. The highest BCUT2D eigenvalue weighted by Gasteiger charge is 2.19. The van der Waals surface area contributed by atoms with Crippen LogP contribution < -0.4 is 0 Å². The summed E-state index contributed by atoms with van der Waals surface area (Å²) in [5.74, 6) is 0.0802. The molecule has 0 spiro atoms. The van der Waals surface area contributed by atoms with Gasteiger partial charge >= 0.3 is 0 Å². The summed E-state index contributed by atoms with van der Waals surface area (Å²) in [6.07, 6.45) is 0. The monoisotopic (exact) mass is 652 g/mol. The van der Waals surface area contributed by atoms with Crippen LogP contribution in [-0.4, -0.2) is 19.5 Å². The summed E-state index contributed by atoms with van der Waals surface area (Å²) < 4.78 is 114. The van der Waals surface area contributed by atoms with Crippen LogP contribution in [0.5, 0.6) is 0 Å². The van der Waals surface area contributed by atoms with Crippen molar-refractivity contribution in [3.05, 3.63) is 170 Å². The van der Waals surface area contributed by atoms with Crippen LogP contribution in [0.25, 0.3) is 94.7 Å². The zero-order chi connectivity index (χ0) is 43.5. The fourth-order valence-corrected chi connectivity index (χ4v) is 6.33. The predicted molar refractivity (Wildman–Crippen MR) is 203 cm³/mol. The van der Waals surface area contributed by atoms with Gasteiger partial charge in [-0.15, -0.1) is 0 Å². The van der Waals surface area contributed by atoms with E-state index < -0.39 is 78.2 Å². The number of rotatable bonds is 5. The van der Waals surface area contributed by atoms with Gasteiger partial charge in [0, 0.05) is 38.4 Å². The first-order valence-electron chi connectivity index (χ1n) is 21.7. The van der Waals surface area contributed by atoms with Gasteiger partial charge in [-0.25, -0.2) is 15.0 Å². The third-order valence-corrected chi connectivity index (χ3v) is 8.60. The molecule has 3 heterocycles. The van der Waals surface area contributed by atoms with E-state index in [1.807, 2.05) is 91.0 Å². The standard InChI is InChI=1S/C45H28N4O/c1-3-13-29(14-4-1)30-15-11-16-31(27-30)43-46-44(48-45(47-43)37-22-12-21-36-35-20-8-10-24-41(35)50-42(36)37)32-25-26-40-38(28-32)34-19-7-9-23-39(34)49(40)33-17-5-2-6-18-33/h1-28H/i2D,5D,6D,7D,9D,17D,18D,19D,23D,25D,26D,28D. The van der Waals surface area contributed by atoms with Gasteiger partial charge in [-0.2, -0.15) is 0 Å². The van der Waals surface area contributed by atoms with Crippen LogP contribution in [0.2, 0.25) is 0 Å². The summed E-state index contributed by atoms with van der Waals surface area (Å²) >= 11 is 0. The molecule has 0 radical (unpaired) electrons. The Bertz CT molecular complexity index is 3540. The molecule has 0 saturated heterocycles. The van der Waals surface area contributed by atoms with Crippen molar-refractivity contribution >= 4 is 43.7 Å². The van der Waals surface area contributed by atoms with Gasteiger partial charge in [-0.1, -0.05) is 115 Å². The van der Waals surface area contributed by atoms with Crippen molar-refractivity contribution in [3.63, 3.8) is 0 Å². The van der Waals surface area contributed by atoms with Gasteiger partial charge in [0.15, 0.2) is 17.5 Å². The summed E-state index contributed by atoms with van der Waals surface area (Å²) in [5, 5.41) is 1.17. The minimum atomic E-state index is -0.724. The molecule has 0 saturated carbocycles. The second kappa shape index (κ2) is 11.4. The maximum absolute atomic E-state index is 9.80. The van der Waals surface area contributed by atoms with E-state index in [0.29, 0.717) is 22.3 Å². The lowest BCUT2D eigenvalue weighted by Gasteiger charge is -2.11. The quantitative estimate of drug-likeness (QED) is 0.186. The molecule has 10 aromatic rings. The second-order valence-corrected chi connectivity index (χ2v) is 11.5. The lowest BCUT2D eigenvalue weighted by Crippen LogP contribution is -2.00. The van der Waals surface area contributed by atoms with E-state index >= 15 is 0 Å². The smallest absolute Gasteiger partial charge is 0.167 e. The molecule has 5 heteroatoms. The van der Waals surface area contributed by atoms with Crippen molar-refractivity contribution in [2.75, 3.05) is 0 Å². The number of fused-ring (bicyclic) bond motifs is 6. The Labute approximate surface area is 304 Å². The van der Waals surface area contributed by atoms with Gasteiger partial charge in [-0.05, 0) is 65.6 Å². The number of hydrogen-bond acceptors (Lipinski definition) is 4. The van der Waals surface area contributed by atoms with E-state index in [9.17, 15) is 4.11 Å². The zero-order valence-corrected chi connectivity index (χ0v) is 25.9. The molecular weight excluding hydrogens is 613 g/mol. The number of hydrogen-bond donors (Lipinski definition) is 0. The number of nitrogens with zero attached hydrogens (tertiary/aromatic N) is 4. The molecule has 0 bridgehead atoms. The average molecular weight is 653 g/mol. The molecule has 3 aromatic heterocycles. The van der Waals surface area contributed by atoms with Gasteiger partial charge in [0.05, 0.1) is 33.0 Å². The highest BCUT2D eigenvalue weighted by atomic mass is 16.3. The van der Waals surface area contributed by atoms with Crippen molar-refractivity contribution < 1.29 is 20.9 Å². The Hall–Kier alpha value is -6.85. The number of furan rings is 1. The van der Waals surface area contributed by atoms with Gasteiger partial charge in [-0.3, -0.25) is 0 Å². The molecule has 7 aromatic carbocycles. The van der Waals surface area contributed by atoms with E-state index in [4.69, 9.17) is 31.7 Å². The normalized spacial score (nSPS) is 15.0. The van der Waals surface area contributed by atoms with Crippen LogP contribution in [-0.2, 0) is 0 Å². The summed E-state index contributed by atoms with van der Waals surface area (Å²) in [6, 6.07) is 22.4. The summed E-state index contributed by atoms with van der Waals surface area (Å²) in [4.78, 5) is 14.6. The Morgan fingerprint density at radius 2 is 1.16 bits per heavy atom. The SMILES string of the molecule is [2H]c1c([2H])c([2H])c(-n2c3c([2H])c([2H])c([2H])c([2H])c3c3c([2H])c(-c4nc(-c5cccc(-c6ccccc6)c5)nc(-c5cccc6c5oc5ccccc56)n4)c([2H])c([2H])c32)c([2H])c1[2H]. The van der Waals surface area contributed by atoms with E-state index in [0.717, 1.165) is 26.5 Å². The van der Waals surface area contributed by atoms with Crippen molar-refractivity contribution in [1.82, 2.24) is 19.5 Å². The number of para-hydroxylation sites is 4. The Morgan fingerprint density at radius 3 is 2.06 bits per heavy atom. The van der Waals surface area contributed by atoms with Crippen LogP contribution in [0, 0.1) is 0 Å². The minimum Gasteiger partial charge on any atom is -0.455 e. The lowest BCUT2D eigenvalue weighted by atomic mass is 10.0. The topological polar surface area (TPSA) is 56.7 Å². The van der Waals surface area contributed by atoms with E-state index in [2.05, 4.69) is 0 Å². The van der Waals surface area contributed by atoms with Crippen molar-refractivity contribution in [3.8, 4) is 51.0 Å². The van der Waals surface area contributed by atoms with Gasteiger partial charge in [0.1, 0.15) is 11.2 Å². The fourth-order valence-electron chi connectivity index (χ4n) is 6.33. The van der Waals surface area contributed by atoms with E-state index in [1.54, 1.807) is 6.07 Å². The van der Waals surface area contributed by atoms with Crippen molar-refractivity contribution in [1.29, 1.82) is 0 Å². The first-order valence-corrected chi connectivity index (χ1v) is 15.7. The minimum absolute atomic E-state index is 0.119. The third-order valence-electron chi connectivity index (χ3n) is 8.60. The molecule has 234 valence electrons. The number of aromatic nitrogens is 4. The maximum Gasteiger partial charge on any atom is 0.167 e. The van der Waals surface area contributed by atoms with Crippen LogP contribution in [0.1, 0.15) is 16.4 Å². The molecule has 0 fully saturated rings. The highest BCUT2D eigenvalue weighted by Crippen LogP contribution is 2.38. The first kappa shape index (κ1) is 18.6. The molecule has 0 aliphatic heterocycles. The largest absolute Gasteiger partial charge is 0.455 e. The van der Waals surface area contributed by atoms with Crippen LogP contribution in [0.4, 0.5) is 0 Å². The average Bonchev–Trinajstić information content (AvgIpc) is 3.86. The Morgan fingerprint density at radius 1 is 0.480 bits per heavy atom. The Kier molecular flexibility index (Phi) is 4.24. The molecule has 0 N–H and O–H groups in total. The molecule has 0 aliphatic rings. The lowest BCUT2D eigenvalue weighted by molar-refractivity contribution is 0.669.